The summed E-state index contributed by atoms with van der Waals surface area (Å²) in [5, 5.41) is 11.3. The maximum absolute atomic E-state index is 11.3. The third-order valence-corrected chi connectivity index (χ3v) is 5.75. The van der Waals surface area contributed by atoms with Gasteiger partial charge in [-0.25, -0.2) is 0 Å². The highest BCUT2D eigenvalue weighted by molar-refractivity contribution is 5.34. The number of hydrogen-bond acceptors (Lipinski definition) is 3. The molecule has 2 saturated heterocycles. The highest BCUT2D eigenvalue weighted by atomic mass is 16.5. The van der Waals surface area contributed by atoms with Crippen molar-refractivity contribution < 1.29 is 9.84 Å². The first-order valence-electron chi connectivity index (χ1n) is 8.86. The van der Waals surface area contributed by atoms with Gasteiger partial charge in [-0.1, -0.05) is 42.5 Å². The number of nitrogens with zero attached hydrogens (tertiary/aromatic N) is 1. The van der Waals surface area contributed by atoms with Gasteiger partial charge in [0, 0.05) is 12.1 Å². The third-order valence-electron chi connectivity index (χ3n) is 5.75. The normalized spacial score (nSPS) is 29.6. The topological polar surface area (TPSA) is 32.7 Å². The van der Waals surface area contributed by atoms with E-state index in [0.717, 1.165) is 29.7 Å². The predicted octanol–water partition coefficient (Wildman–Crippen LogP) is 3.71. The Hall–Kier alpha value is -1.84. The van der Waals surface area contributed by atoms with E-state index in [1.165, 1.54) is 12.8 Å². The van der Waals surface area contributed by atoms with Crippen molar-refractivity contribution in [2.45, 2.75) is 50.0 Å². The molecule has 0 radical (unpaired) electrons. The summed E-state index contributed by atoms with van der Waals surface area (Å²) in [6, 6.07) is 19.2. The van der Waals surface area contributed by atoms with E-state index in [1.807, 2.05) is 42.5 Å². The molecular weight excluding hydrogens is 298 g/mol. The Balaban J connectivity index is 1.50. The van der Waals surface area contributed by atoms with Crippen LogP contribution in [0.1, 0.15) is 36.8 Å². The van der Waals surface area contributed by atoms with E-state index in [0.29, 0.717) is 18.7 Å². The van der Waals surface area contributed by atoms with Crippen molar-refractivity contribution in [2.24, 2.45) is 0 Å². The number of ether oxygens (including phenoxy) is 1. The minimum atomic E-state index is -0.718. The van der Waals surface area contributed by atoms with Crippen molar-refractivity contribution in [3.05, 3.63) is 65.7 Å². The van der Waals surface area contributed by atoms with Gasteiger partial charge in [0.05, 0.1) is 5.60 Å². The Labute approximate surface area is 143 Å². The minimum absolute atomic E-state index is 0.502. The molecule has 3 nitrogen and oxygen atoms in total. The van der Waals surface area contributed by atoms with E-state index in [-0.39, 0.29) is 0 Å². The summed E-state index contributed by atoms with van der Waals surface area (Å²) in [5.41, 5.74) is 1.43. The molecule has 1 N–H and O–H groups in total. The number of hydrogen-bond donors (Lipinski definition) is 1. The lowest BCUT2D eigenvalue weighted by Gasteiger charge is -2.42. The second-order valence-corrected chi connectivity index (χ2v) is 7.29. The first-order valence-corrected chi connectivity index (χ1v) is 8.86. The van der Waals surface area contributed by atoms with Gasteiger partial charge in [0.15, 0.2) is 0 Å². The maximum atomic E-state index is 11.3. The van der Waals surface area contributed by atoms with Crippen LogP contribution < -0.4 is 4.74 Å². The van der Waals surface area contributed by atoms with E-state index < -0.39 is 5.60 Å². The molecule has 0 spiro atoms. The molecule has 2 unspecified atom stereocenters. The van der Waals surface area contributed by atoms with Crippen LogP contribution in [0.3, 0.4) is 0 Å². The summed E-state index contributed by atoms with van der Waals surface area (Å²) in [4.78, 5) is 2.45. The van der Waals surface area contributed by atoms with Crippen LogP contribution in [0.15, 0.2) is 54.6 Å². The zero-order valence-electron chi connectivity index (χ0n) is 14.2. The number of fused-ring (bicyclic) bond motifs is 2. The van der Waals surface area contributed by atoms with Crippen LogP contribution in [-0.2, 0) is 12.2 Å². The van der Waals surface area contributed by atoms with Crippen LogP contribution in [0.2, 0.25) is 0 Å². The van der Waals surface area contributed by atoms with Crippen LogP contribution in [0.5, 0.6) is 5.75 Å². The Kier molecular flexibility index (Phi) is 4.07. The second-order valence-electron chi connectivity index (χ2n) is 7.29. The van der Waals surface area contributed by atoms with Crippen LogP contribution in [0, 0.1) is 0 Å². The molecule has 0 amide bonds. The fraction of sp³-hybridized carbons (Fsp3) is 0.429. The van der Waals surface area contributed by atoms with Gasteiger partial charge in [-0.15, -0.1) is 0 Å². The standard InChI is InChI=1S/C21H25NO2/c1-22-18-10-11-19(22)14-21(23,13-18)17-8-5-9-20(12-17)24-15-16-6-3-2-4-7-16/h2-9,12,18-19,23H,10-11,13-15H2,1H3. The van der Waals surface area contributed by atoms with Crippen LogP contribution in [-0.4, -0.2) is 29.1 Å². The molecule has 2 aromatic carbocycles. The average Bonchev–Trinajstić information content (AvgIpc) is 2.83. The van der Waals surface area contributed by atoms with E-state index in [1.54, 1.807) is 0 Å². The number of benzene rings is 2. The van der Waals surface area contributed by atoms with Gasteiger partial charge in [0.25, 0.3) is 0 Å². The van der Waals surface area contributed by atoms with Crippen molar-refractivity contribution in [1.29, 1.82) is 0 Å². The van der Waals surface area contributed by atoms with Gasteiger partial charge in [0.2, 0.25) is 0 Å². The van der Waals surface area contributed by atoms with Gasteiger partial charge in [-0.2, -0.15) is 0 Å². The maximum Gasteiger partial charge on any atom is 0.120 e. The lowest BCUT2D eigenvalue weighted by Crippen LogP contribution is -2.47. The summed E-state index contributed by atoms with van der Waals surface area (Å²) in [5.74, 6) is 0.830. The monoisotopic (exact) mass is 323 g/mol. The van der Waals surface area contributed by atoms with Crippen LogP contribution in [0.4, 0.5) is 0 Å². The zero-order chi connectivity index (χ0) is 16.6. The number of piperidine rings is 1. The fourth-order valence-corrected chi connectivity index (χ4v) is 4.30. The first kappa shape index (κ1) is 15.7. The molecule has 24 heavy (non-hydrogen) atoms. The molecule has 0 aliphatic carbocycles. The summed E-state index contributed by atoms with van der Waals surface area (Å²) < 4.78 is 5.94. The van der Waals surface area contributed by atoms with Gasteiger partial charge >= 0.3 is 0 Å². The third kappa shape index (κ3) is 2.94. The van der Waals surface area contributed by atoms with Gasteiger partial charge in [-0.05, 0) is 56.0 Å². The highest BCUT2D eigenvalue weighted by Gasteiger charge is 2.46. The molecule has 2 fully saturated rings. The number of aliphatic hydroxyl groups is 1. The molecule has 2 aromatic rings. The Morgan fingerprint density at radius 3 is 2.46 bits per heavy atom. The van der Waals surface area contributed by atoms with Crippen molar-refractivity contribution in [1.82, 2.24) is 4.90 Å². The van der Waals surface area contributed by atoms with Gasteiger partial charge in [-0.3, -0.25) is 0 Å². The molecule has 2 atom stereocenters. The van der Waals surface area contributed by atoms with Crippen molar-refractivity contribution in [3.8, 4) is 5.75 Å². The highest BCUT2D eigenvalue weighted by Crippen LogP contribution is 2.45. The zero-order valence-corrected chi connectivity index (χ0v) is 14.2. The van der Waals surface area contributed by atoms with E-state index in [2.05, 4.69) is 24.1 Å². The predicted molar refractivity (Wildman–Crippen MR) is 94.9 cm³/mol. The summed E-state index contributed by atoms with van der Waals surface area (Å²) in [6.45, 7) is 0.552. The number of rotatable bonds is 4. The molecule has 3 heteroatoms. The summed E-state index contributed by atoms with van der Waals surface area (Å²) >= 11 is 0. The quantitative estimate of drug-likeness (QED) is 0.931. The smallest absolute Gasteiger partial charge is 0.120 e. The van der Waals surface area contributed by atoms with Crippen LogP contribution in [0.25, 0.3) is 0 Å². The largest absolute Gasteiger partial charge is 0.489 e. The van der Waals surface area contributed by atoms with E-state index in [9.17, 15) is 5.11 Å². The fourth-order valence-electron chi connectivity index (χ4n) is 4.30. The summed E-state index contributed by atoms with van der Waals surface area (Å²) in [7, 11) is 2.20. The van der Waals surface area contributed by atoms with Crippen LogP contribution >= 0.6 is 0 Å². The lowest BCUT2D eigenvalue weighted by molar-refractivity contribution is -0.0494. The second kappa shape index (κ2) is 6.23. The molecule has 0 aromatic heterocycles. The molecular formula is C21H25NO2. The molecule has 4 rings (SSSR count). The van der Waals surface area contributed by atoms with Crippen molar-refractivity contribution in [2.75, 3.05) is 7.05 Å². The minimum Gasteiger partial charge on any atom is -0.489 e. The molecule has 2 bridgehead atoms. The summed E-state index contributed by atoms with van der Waals surface area (Å²) in [6.07, 6.45) is 4.05. The van der Waals surface area contributed by atoms with E-state index in [4.69, 9.17) is 4.74 Å². The molecule has 126 valence electrons. The molecule has 2 heterocycles. The van der Waals surface area contributed by atoms with Crippen molar-refractivity contribution in [3.63, 3.8) is 0 Å². The first-order chi connectivity index (χ1) is 11.6. The average molecular weight is 323 g/mol. The Morgan fingerprint density at radius 2 is 1.75 bits per heavy atom. The van der Waals surface area contributed by atoms with Gasteiger partial charge in [0.1, 0.15) is 12.4 Å². The Bertz CT molecular complexity index is 686. The van der Waals surface area contributed by atoms with Crippen molar-refractivity contribution >= 4 is 0 Å². The van der Waals surface area contributed by atoms with Gasteiger partial charge < -0.3 is 14.7 Å². The molecule has 2 aliphatic heterocycles. The molecule has 0 saturated carbocycles. The molecule has 2 aliphatic rings. The van der Waals surface area contributed by atoms with E-state index >= 15 is 0 Å². The SMILES string of the molecule is CN1C2CCC1CC(O)(c1cccc(OCc3ccccc3)c1)C2. The Morgan fingerprint density at radius 1 is 1.04 bits per heavy atom. The lowest BCUT2D eigenvalue weighted by atomic mass is 9.80.